The molecule has 26 heavy (non-hydrogen) atoms. The van der Waals surface area contributed by atoms with Crippen molar-refractivity contribution in [2.75, 3.05) is 17.2 Å². The number of hydrogen-bond acceptors (Lipinski definition) is 7. The number of nitro groups is 1. The van der Waals surface area contributed by atoms with E-state index in [1.54, 1.807) is 12.4 Å². The van der Waals surface area contributed by atoms with Crippen LogP contribution in [0.15, 0.2) is 42.5 Å². The van der Waals surface area contributed by atoms with Crippen molar-refractivity contribution in [1.29, 1.82) is 0 Å². The number of nitrogens with zero attached hydrogens (tertiary/aromatic N) is 4. The highest BCUT2D eigenvalue weighted by atomic mass is 16.6. The first-order valence-corrected chi connectivity index (χ1v) is 8.78. The van der Waals surface area contributed by atoms with Crippen molar-refractivity contribution in [3.05, 3.63) is 58.2 Å². The van der Waals surface area contributed by atoms with Gasteiger partial charge in [0.2, 0.25) is 11.6 Å². The maximum atomic E-state index is 11.5. The Bertz CT molecular complexity index is 779. The summed E-state index contributed by atoms with van der Waals surface area (Å²) in [7, 11) is 0. The summed E-state index contributed by atoms with van der Waals surface area (Å²) in [5.41, 5.74) is 2.20. The van der Waals surface area contributed by atoms with Crippen LogP contribution >= 0.6 is 0 Å². The van der Waals surface area contributed by atoms with E-state index in [1.807, 2.05) is 12.1 Å². The molecule has 2 aromatic heterocycles. The monoisotopic (exact) mass is 354 g/mol. The summed E-state index contributed by atoms with van der Waals surface area (Å²) in [4.78, 5) is 23.2. The summed E-state index contributed by atoms with van der Waals surface area (Å²) in [5, 5.41) is 17.6. The molecule has 0 aromatic carbocycles. The lowest BCUT2D eigenvalue weighted by atomic mass is 9.97. The Hall–Kier alpha value is -3.03. The van der Waals surface area contributed by atoms with Gasteiger partial charge < -0.3 is 10.6 Å². The largest absolute Gasteiger partial charge is 0.364 e. The van der Waals surface area contributed by atoms with Crippen LogP contribution in [-0.4, -0.2) is 26.4 Å². The van der Waals surface area contributed by atoms with Crippen molar-refractivity contribution in [1.82, 2.24) is 15.0 Å². The van der Waals surface area contributed by atoms with Gasteiger partial charge in [0.05, 0.1) is 4.92 Å². The molecule has 3 rings (SSSR count). The zero-order chi connectivity index (χ0) is 18.2. The summed E-state index contributed by atoms with van der Waals surface area (Å²) in [6.07, 6.45) is 12.6. The van der Waals surface area contributed by atoms with Gasteiger partial charge in [0, 0.05) is 25.5 Å². The topological polar surface area (TPSA) is 106 Å². The van der Waals surface area contributed by atoms with E-state index in [0.29, 0.717) is 13.1 Å². The number of aromatic nitrogens is 3. The molecule has 0 unspecified atom stereocenters. The van der Waals surface area contributed by atoms with Crippen LogP contribution in [0.4, 0.5) is 17.3 Å². The molecule has 0 spiro atoms. The Kier molecular flexibility index (Phi) is 6.08. The molecule has 0 atom stereocenters. The molecule has 1 aliphatic carbocycles. The van der Waals surface area contributed by atoms with Crippen LogP contribution < -0.4 is 10.6 Å². The van der Waals surface area contributed by atoms with Gasteiger partial charge in [-0.25, -0.2) is 9.97 Å². The number of allylic oxidation sites excluding steroid dienone is 1. The minimum absolute atomic E-state index is 0.131. The predicted octanol–water partition coefficient (Wildman–Crippen LogP) is 3.69. The van der Waals surface area contributed by atoms with Crippen LogP contribution in [0.5, 0.6) is 0 Å². The molecule has 0 saturated carbocycles. The Morgan fingerprint density at radius 2 is 2.04 bits per heavy atom. The molecule has 136 valence electrons. The van der Waals surface area contributed by atoms with Crippen LogP contribution in [-0.2, 0) is 6.54 Å². The van der Waals surface area contributed by atoms with Gasteiger partial charge in [0.25, 0.3) is 0 Å². The summed E-state index contributed by atoms with van der Waals surface area (Å²) in [5.74, 6) is 0.448. The molecule has 2 N–H and O–H groups in total. The molecule has 8 heteroatoms. The molecule has 2 aromatic rings. The van der Waals surface area contributed by atoms with Crippen molar-refractivity contribution >= 4 is 17.3 Å². The number of hydrogen-bond donors (Lipinski definition) is 2. The summed E-state index contributed by atoms with van der Waals surface area (Å²) < 4.78 is 0. The number of anilines is 2. The maximum absolute atomic E-state index is 11.5. The molecule has 2 heterocycles. The quantitative estimate of drug-likeness (QED) is 0.423. The molecule has 0 amide bonds. The SMILES string of the molecule is O=[N+]([O-])c1c(NCCC2=CCCCC2)ncnc1NCc1cccnc1. The molecule has 1 aliphatic rings. The van der Waals surface area contributed by atoms with E-state index in [1.165, 1.54) is 24.7 Å². The van der Waals surface area contributed by atoms with Crippen molar-refractivity contribution in [3.8, 4) is 0 Å². The second kappa shape index (κ2) is 8.89. The third-order valence-corrected chi connectivity index (χ3v) is 4.31. The Balaban J connectivity index is 1.67. The molecule has 0 bridgehead atoms. The highest BCUT2D eigenvalue weighted by Gasteiger charge is 2.22. The van der Waals surface area contributed by atoms with Gasteiger partial charge in [-0.05, 0) is 43.7 Å². The Morgan fingerprint density at radius 3 is 2.73 bits per heavy atom. The first-order valence-electron chi connectivity index (χ1n) is 8.78. The molecule has 0 saturated heterocycles. The van der Waals surface area contributed by atoms with Gasteiger partial charge >= 0.3 is 5.69 Å². The maximum Gasteiger partial charge on any atom is 0.353 e. The van der Waals surface area contributed by atoms with Gasteiger partial charge in [0.1, 0.15) is 6.33 Å². The Labute approximate surface area is 151 Å². The third kappa shape index (κ3) is 4.75. The fourth-order valence-corrected chi connectivity index (χ4v) is 2.97. The highest BCUT2D eigenvalue weighted by Crippen LogP contribution is 2.29. The average molecular weight is 354 g/mol. The number of nitrogens with one attached hydrogen (secondary N) is 2. The van der Waals surface area contributed by atoms with Gasteiger partial charge in [-0.15, -0.1) is 0 Å². The van der Waals surface area contributed by atoms with Crippen LogP contribution in [0.1, 0.15) is 37.7 Å². The number of rotatable bonds is 8. The second-order valence-corrected chi connectivity index (χ2v) is 6.18. The lowest BCUT2D eigenvalue weighted by molar-refractivity contribution is -0.383. The van der Waals surface area contributed by atoms with E-state index in [2.05, 4.69) is 31.7 Å². The second-order valence-electron chi connectivity index (χ2n) is 6.18. The zero-order valence-corrected chi connectivity index (χ0v) is 14.5. The smallest absolute Gasteiger partial charge is 0.353 e. The first kappa shape index (κ1) is 17.8. The molecule has 0 fully saturated rings. The van der Waals surface area contributed by atoms with Crippen molar-refractivity contribution in [2.24, 2.45) is 0 Å². The summed E-state index contributed by atoms with van der Waals surface area (Å²) >= 11 is 0. The normalized spacial score (nSPS) is 13.8. The van der Waals surface area contributed by atoms with E-state index in [4.69, 9.17) is 0 Å². The minimum atomic E-state index is -0.451. The fourth-order valence-electron chi connectivity index (χ4n) is 2.97. The molecule has 8 nitrogen and oxygen atoms in total. The van der Waals surface area contributed by atoms with Crippen molar-refractivity contribution in [2.45, 2.75) is 38.6 Å². The van der Waals surface area contributed by atoms with Crippen LogP contribution in [0, 0.1) is 10.1 Å². The standard InChI is InChI=1S/C18H22N6O2/c25-24(26)16-17(20-10-8-14-5-2-1-3-6-14)22-13-23-18(16)21-12-15-7-4-9-19-11-15/h4-5,7,9,11,13H,1-3,6,8,10,12H2,(H2,20,21,22,23). The zero-order valence-electron chi connectivity index (χ0n) is 14.5. The molecule has 0 aliphatic heterocycles. The molecular formula is C18H22N6O2. The highest BCUT2D eigenvalue weighted by molar-refractivity contribution is 5.69. The number of pyridine rings is 1. The Morgan fingerprint density at radius 1 is 1.19 bits per heavy atom. The van der Waals surface area contributed by atoms with Gasteiger partial charge in [0.15, 0.2) is 0 Å². The van der Waals surface area contributed by atoms with Crippen LogP contribution in [0.3, 0.4) is 0 Å². The first-order chi connectivity index (χ1) is 12.7. The minimum Gasteiger partial charge on any atom is -0.364 e. The van der Waals surface area contributed by atoms with Crippen molar-refractivity contribution < 1.29 is 4.92 Å². The van der Waals surface area contributed by atoms with Gasteiger partial charge in [-0.2, -0.15) is 0 Å². The third-order valence-electron chi connectivity index (χ3n) is 4.31. The predicted molar refractivity (Wildman–Crippen MR) is 99.9 cm³/mol. The molecule has 0 radical (unpaired) electrons. The van der Waals surface area contributed by atoms with Crippen LogP contribution in [0.25, 0.3) is 0 Å². The summed E-state index contributed by atoms with van der Waals surface area (Å²) in [6, 6.07) is 3.71. The van der Waals surface area contributed by atoms with Crippen LogP contribution in [0.2, 0.25) is 0 Å². The van der Waals surface area contributed by atoms with Gasteiger partial charge in [-0.3, -0.25) is 15.1 Å². The van der Waals surface area contributed by atoms with E-state index >= 15 is 0 Å². The van der Waals surface area contributed by atoms with E-state index < -0.39 is 4.92 Å². The van der Waals surface area contributed by atoms with E-state index in [-0.39, 0.29) is 17.3 Å². The fraction of sp³-hybridized carbons (Fsp3) is 0.389. The molecular weight excluding hydrogens is 332 g/mol. The average Bonchev–Trinajstić information content (AvgIpc) is 2.68. The lowest BCUT2D eigenvalue weighted by Gasteiger charge is -2.13. The van der Waals surface area contributed by atoms with E-state index in [0.717, 1.165) is 24.8 Å². The summed E-state index contributed by atoms with van der Waals surface area (Å²) in [6.45, 7) is 1.02. The van der Waals surface area contributed by atoms with Crippen molar-refractivity contribution in [3.63, 3.8) is 0 Å². The van der Waals surface area contributed by atoms with Gasteiger partial charge in [-0.1, -0.05) is 17.7 Å². The van der Waals surface area contributed by atoms with E-state index in [9.17, 15) is 10.1 Å². The lowest BCUT2D eigenvalue weighted by Crippen LogP contribution is -2.11.